The number of nitrogens with zero attached hydrogens (tertiary/aromatic N) is 1. The molecule has 2 heteroatoms. The average Bonchev–Trinajstić information content (AvgIpc) is 3.45. The molecule has 0 saturated heterocycles. The molecule has 0 radical (unpaired) electrons. The Morgan fingerprint density at radius 1 is 0.405 bits per heavy atom. The molecular weight excluding hydrogens is 527 g/mol. The van der Waals surface area contributed by atoms with Crippen LogP contribution in [0.25, 0.3) is 53.2 Å². The minimum atomic E-state index is 1.13. The van der Waals surface area contributed by atoms with E-state index in [1.807, 2.05) is 11.3 Å². The Labute approximate surface area is 249 Å². The number of para-hydroxylation sites is 2. The number of hydrogen-bond acceptors (Lipinski definition) is 2. The van der Waals surface area contributed by atoms with Crippen molar-refractivity contribution in [1.29, 1.82) is 0 Å². The van der Waals surface area contributed by atoms with Crippen molar-refractivity contribution in [2.45, 2.75) is 0 Å². The lowest BCUT2D eigenvalue weighted by Crippen LogP contribution is -2.11. The van der Waals surface area contributed by atoms with Crippen molar-refractivity contribution in [2.24, 2.45) is 0 Å². The number of anilines is 3. The SMILES string of the molecule is c1ccc(N(c2cccc(-c3ccc4ccccc4c3)c2)c2ccccc2-c2cccc3c2sc2ccccc23)cc1. The predicted octanol–water partition coefficient (Wildman–Crippen LogP) is 12.0. The number of fused-ring (bicyclic) bond motifs is 4. The van der Waals surface area contributed by atoms with E-state index in [2.05, 4.69) is 169 Å². The molecule has 7 aromatic carbocycles. The van der Waals surface area contributed by atoms with E-state index in [4.69, 9.17) is 0 Å². The lowest BCUT2D eigenvalue weighted by Gasteiger charge is -2.28. The first kappa shape index (κ1) is 24.6. The van der Waals surface area contributed by atoms with E-state index in [0.29, 0.717) is 0 Å². The minimum Gasteiger partial charge on any atom is -0.310 e. The maximum Gasteiger partial charge on any atom is 0.0540 e. The van der Waals surface area contributed by atoms with Crippen LogP contribution < -0.4 is 4.90 Å². The van der Waals surface area contributed by atoms with Gasteiger partial charge in [0, 0.05) is 42.7 Å². The molecule has 0 aliphatic rings. The smallest absolute Gasteiger partial charge is 0.0540 e. The fraction of sp³-hybridized carbons (Fsp3) is 0. The van der Waals surface area contributed by atoms with Crippen LogP contribution in [0.1, 0.15) is 0 Å². The molecular formula is C40H27NS. The standard InChI is InChI=1S/C40H27NS/c1-2-15-32(16-3-1)41(33-17-10-14-30(27-33)31-25-24-28-12-4-5-13-29(28)26-31)38-22-8-6-18-34(38)36-20-11-21-37-35-19-7-9-23-39(35)42-40(36)37/h1-27H. The lowest BCUT2D eigenvalue weighted by molar-refractivity contribution is 1.28. The molecule has 0 amide bonds. The highest BCUT2D eigenvalue weighted by Gasteiger charge is 2.19. The van der Waals surface area contributed by atoms with Crippen molar-refractivity contribution in [2.75, 3.05) is 4.90 Å². The maximum atomic E-state index is 2.39. The molecule has 0 spiro atoms. The summed E-state index contributed by atoms with van der Waals surface area (Å²) in [6.07, 6.45) is 0. The van der Waals surface area contributed by atoms with Crippen molar-refractivity contribution in [3.63, 3.8) is 0 Å². The van der Waals surface area contributed by atoms with Gasteiger partial charge in [0.25, 0.3) is 0 Å². The Balaban J connectivity index is 1.32. The highest BCUT2D eigenvalue weighted by atomic mass is 32.1. The van der Waals surface area contributed by atoms with E-state index in [0.717, 1.165) is 17.1 Å². The van der Waals surface area contributed by atoms with Crippen LogP contribution >= 0.6 is 11.3 Å². The van der Waals surface area contributed by atoms with Crippen molar-refractivity contribution in [3.8, 4) is 22.3 Å². The van der Waals surface area contributed by atoms with E-state index in [1.165, 1.54) is 53.2 Å². The number of thiophene rings is 1. The summed E-state index contributed by atoms with van der Waals surface area (Å²) >= 11 is 1.88. The molecule has 0 saturated carbocycles. The van der Waals surface area contributed by atoms with Crippen LogP contribution in [0.2, 0.25) is 0 Å². The third-order valence-electron chi connectivity index (χ3n) is 8.04. The van der Waals surface area contributed by atoms with Gasteiger partial charge in [-0.25, -0.2) is 0 Å². The highest BCUT2D eigenvalue weighted by Crippen LogP contribution is 2.46. The van der Waals surface area contributed by atoms with Gasteiger partial charge < -0.3 is 4.90 Å². The summed E-state index contributed by atoms with van der Waals surface area (Å²) in [6, 6.07) is 59.1. The normalized spacial score (nSPS) is 11.3. The third-order valence-corrected chi connectivity index (χ3v) is 9.26. The Hall–Kier alpha value is -5.18. The lowest BCUT2D eigenvalue weighted by atomic mass is 9.98. The van der Waals surface area contributed by atoms with Crippen molar-refractivity contribution in [1.82, 2.24) is 0 Å². The Bertz CT molecular complexity index is 2210. The van der Waals surface area contributed by atoms with Gasteiger partial charge in [-0.05, 0) is 64.4 Å². The molecule has 0 fully saturated rings. The molecule has 1 nitrogen and oxygen atoms in total. The fourth-order valence-electron chi connectivity index (χ4n) is 6.05. The highest BCUT2D eigenvalue weighted by molar-refractivity contribution is 7.26. The molecule has 0 aliphatic heterocycles. The summed E-state index contributed by atoms with van der Waals surface area (Å²) in [5.41, 5.74) is 8.30. The van der Waals surface area contributed by atoms with E-state index in [1.54, 1.807) is 0 Å². The molecule has 0 unspecified atom stereocenters. The summed E-state index contributed by atoms with van der Waals surface area (Å²) in [5.74, 6) is 0. The monoisotopic (exact) mass is 553 g/mol. The van der Waals surface area contributed by atoms with Crippen LogP contribution in [-0.4, -0.2) is 0 Å². The van der Waals surface area contributed by atoms with Gasteiger partial charge in [0.2, 0.25) is 0 Å². The van der Waals surface area contributed by atoms with Crippen LogP contribution in [0, 0.1) is 0 Å². The molecule has 1 aromatic heterocycles. The molecule has 0 bridgehead atoms. The van der Waals surface area contributed by atoms with Gasteiger partial charge in [0.05, 0.1) is 5.69 Å². The molecule has 0 N–H and O–H groups in total. The van der Waals surface area contributed by atoms with Gasteiger partial charge in [0.15, 0.2) is 0 Å². The fourth-order valence-corrected chi connectivity index (χ4v) is 7.28. The molecule has 8 rings (SSSR count). The van der Waals surface area contributed by atoms with Gasteiger partial charge in [-0.15, -0.1) is 11.3 Å². The summed E-state index contributed by atoms with van der Waals surface area (Å²) in [6.45, 7) is 0. The van der Waals surface area contributed by atoms with Gasteiger partial charge in [-0.1, -0.05) is 121 Å². The number of rotatable bonds is 5. The third kappa shape index (κ3) is 4.25. The van der Waals surface area contributed by atoms with Gasteiger partial charge in [-0.2, -0.15) is 0 Å². The average molecular weight is 554 g/mol. The first-order chi connectivity index (χ1) is 20.8. The zero-order chi connectivity index (χ0) is 27.9. The summed E-state index contributed by atoms with van der Waals surface area (Å²) in [5, 5.41) is 5.14. The number of benzene rings is 7. The molecule has 0 atom stereocenters. The summed E-state index contributed by atoms with van der Waals surface area (Å²) < 4.78 is 2.64. The zero-order valence-corrected chi connectivity index (χ0v) is 23.8. The van der Waals surface area contributed by atoms with E-state index >= 15 is 0 Å². The Morgan fingerprint density at radius 2 is 1.07 bits per heavy atom. The Kier molecular flexibility index (Phi) is 6.05. The topological polar surface area (TPSA) is 3.24 Å². The first-order valence-electron chi connectivity index (χ1n) is 14.3. The first-order valence-corrected chi connectivity index (χ1v) is 15.1. The van der Waals surface area contributed by atoms with Crippen LogP contribution in [0.3, 0.4) is 0 Å². The zero-order valence-electron chi connectivity index (χ0n) is 22.9. The summed E-state index contributed by atoms with van der Waals surface area (Å²) in [7, 11) is 0. The second-order valence-electron chi connectivity index (χ2n) is 10.6. The summed E-state index contributed by atoms with van der Waals surface area (Å²) in [4.78, 5) is 2.39. The number of hydrogen-bond donors (Lipinski definition) is 0. The maximum absolute atomic E-state index is 2.39. The van der Waals surface area contributed by atoms with Crippen molar-refractivity contribution >= 4 is 59.3 Å². The van der Waals surface area contributed by atoms with Gasteiger partial charge in [-0.3, -0.25) is 0 Å². The van der Waals surface area contributed by atoms with E-state index in [-0.39, 0.29) is 0 Å². The van der Waals surface area contributed by atoms with Crippen molar-refractivity contribution in [3.05, 3.63) is 164 Å². The second-order valence-corrected chi connectivity index (χ2v) is 11.6. The minimum absolute atomic E-state index is 1.13. The molecule has 42 heavy (non-hydrogen) atoms. The largest absolute Gasteiger partial charge is 0.310 e. The van der Waals surface area contributed by atoms with Crippen LogP contribution in [0.4, 0.5) is 17.1 Å². The van der Waals surface area contributed by atoms with Crippen LogP contribution in [-0.2, 0) is 0 Å². The quantitative estimate of drug-likeness (QED) is 0.205. The second kappa shape index (κ2) is 10.3. The van der Waals surface area contributed by atoms with Gasteiger partial charge in [0.1, 0.15) is 0 Å². The predicted molar refractivity (Wildman–Crippen MR) is 182 cm³/mol. The molecule has 1 heterocycles. The van der Waals surface area contributed by atoms with E-state index in [9.17, 15) is 0 Å². The van der Waals surface area contributed by atoms with Crippen LogP contribution in [0.5, 0.6) is 0 Å². The van der Waals surface area contributed by atoms with Crippen molar-refractivity contribution < 1.29 is 0 Å². The van der Waals surface area contributed by atoms with Gasteiger partial charge >= 0.3 is 0 Å². The molecule has 0 aliphatic carbocycles. The molecule has 8 aromatic rings. The van der Waals surface area contributed by atoms with E-state index < -0.39 is 0 Å². The van der Waals surface area contributed by atoms with Crippen LogP contribution in [0.15, 0.2) is 164 Å². The molecule has 198 valence electrons. The Morgan fingerprint density at radius 3 is 2.00 bits per heavy atom.